The van der Waals surface area contributed by atoms with Gasteiger partial charge < -0.3 is 19.3 Å². The van der Waals surface area contributed by atoms with Crippen molar-refractivity contribution >= 4 is 17.8 Å². The number of benzene rings is 2. The van der Waals surface area contributed by atoms with Crippen molar-refractivity contribution < 1.29 is 29.0 Å². The Morgan fingerprint density at radius 2 is 2.11 bits per heavy atom. The van der Waals surface area contributed by atoms with Crippen LogP contribution < -0.4 is 19.6 Å². The summed E-state index contributed by atoms with van der Waals surface area (Å²) in [4.78, 5) is 22.7. The quantitative estimate of drug-likeness (QED) is 0.462. The fraction of sp³-hybridized carbons (Fsp3) is 0.176. The molecule has 0 aromatic heterocycles. The van der Waals surface area contributed by atoms with Crippen LogP contribution in [0.3, 0.4) is 0 Å². The van der Waals surface area contributed by atoms with Crippen molar-refractivity contribution in [2.75, 3.05) is 13.7 Å². The highest BCUT2D eigenvalue weighted by Crippen LogP contribution is 2.38. The minimum absolute atomic E-state index is 0.00550. The molecule has 140 valence electrons. The van der Waals surface area contributed by atoms with Crippen LogP contribution in [0.15, 0.2) is 41.5 Å². The third-order valence-electron chi connectivity index (χ3n) is 3.71. The number of rotatable bonds is 5. The van der Waals surface area contributed by atoms with E-state index in [1.165, 1.54) is 19.2 Å². The Labute approximate surface area is 153 Å². The van der Waals surface area contributed by atoms with Crippen LogP contribution in [0.1, 0.15) is 5.56 Å². The van der Waals surface area contributed by atoms with E-state index in [-0.39, 0.29) is 23.7 Å². The number of nitro benzene ring substituents is 1. The van der Waals surface area contributed by atoms with Crippen LogP contribution in [-0.4, -0.2) is 42.0 Å². The molecule has 1 aliphatic rings. The number of ether oxygens (including phenoxy) is 3. The molecule has 0 fully saturated rings. The molecule has 2 N–H and O–H groups in total. The van der Waals surface area contributed by atoms with E-state index in [0.29, 0.717) is 11.5 Å². The van der Waals surface area contributed by atoms with Gasteiger partial charge in [-0.25, -0.2) is 5.43 Å². The number of fused-ring (bicyclic) bond motifs is 1. The van der Waals surface area contributed by atoms with Crippen LogP contribution in [-0.2, 0) is 4.79 Å². The molecule has 0 aliphatic carbocycles. The topological polar surface area (TPSA) is 133 Å². The van der Waals surface area contributed by atoms with Crippen molar-refractivity contribution in [2.45, 2.75) is 6.10 Å². The number of hydrazone groups is 1. The second-order valence-electron chi connectivity index (χ2n) is 5.41. The van der Waals surface area contributed by atoms with Crippen LogP contribution in [0.2, 0.25) is 0 Å². The van der Waals surface area contributed by atoms with Gasteiger partial charge in [0.15, 0.2) is 17.2 Å². The molecule has 0 radical (unpaired) electrons. The molecule has 0 bridgehead atoms. The maximum Gasteiger partial charge on any atom is 0.323 e. The van der Waals surface area contributed by atoms with Gasteiger partial charge in [-0.15, -0.1) is 0 Å². The van der Waals surface area contributed by atoms with Gasteiger partial charge in [0, 0.05) is 0 Å². The lowest BCUT2D eigenvalue weighted by atomic mass is 10.1. The Hall–Kier alpha value is -3.82. The molecule has 1 atom stereocenters. The monoisotopic (exact) mass is 373 g/mol. The lowest BCUT2D eigenvalue weighted by Gasteiger charge is -2.24. The number of carbonyl (C=O) groups excluding carboxylic acids is 1. The number of para-hydroxylation sites is 2. The lowest BCUT2D eigenvalue weighted by Crippen LogP contribution is -2.42. The standard InChI is InChI=1S/C17H15N3O7/c1-25-16-11(21)7-6-10(15(16)20(23)24)8-18-19-17(22)14-9-26-12-4-2-3-5-13(12)27-14/h2-8,14,21H,9H2,1H3,(H,19,22)/b18-8-/t14-/m1/s1. The Kier molecular flexibility index (Phi) is 5.06. The summed E-state index contributed by atoms with van der Waals surface area (Å²) < 4.78 is 15.8. The average molecular weight is 373 g/mol. The molecule has 1 amide bonds. The first-order valence-electron chi connectivity index (χ1n) is 7.77. The van der Waals surface area contributed by atoms with Crippen molar-refractivity contribution in [1.29, 1.82) is 0 Å². The molecule has 0 saturated heterocycles. The van der Waals surface area contributed by atoms with Crippen LogP contribution in [0.5, 0.6) is 23.0 Å². The number of carbonyl (C=O) groups is 1. The second-order valence-corrected chi connectivity index (χ2v) is 5.41. The summed E-state index contributed by atoms with van der Waals surface area (Å²) in [6.07, 6.45) is 0.164. The van der Waals surface area contributed by atoms with Crippen LogP contribution in [0, 0.1) is 10.1 Å². The molecule has 0 saturated carbocycles. The first-order chi connectivity index (χ1) is 13.0. The molecule has 2 aromatic carbocycles. The van der Waals surface area contributed by atoms with E-state index in [4.69, 9.17) is 14.2 Å². The fourth-order valence-corrected chi connectivity index (χ4v) is 2.46. The van der Waals surface area contributed by atoms with E-state index in [1.807, 2.05) is 0 Å². The van der Waals surface area contributed by atoms with Gasteiger partial charge in [-0.05, 0) is 24.3 Å². The van der Waals surface area contributed by atoms with Gasteiger partial charge in [-0.2, -0.15) is 5.10 Å². The molecule has 1 heterocycles. The SMILES string of the molecule is COc1c(O)ccc(/C=N\NC(=O)[C@H]2COc3ccccc3O2)c1[N+](=O)[O-]. The van der Waals surface area contributed by atoms with Gasteiger partial charge in [0.05, 0.1) is 23.8 Å². The van der Waals surface area contributed by atoms with Gasteiger partial charge >= 0.3 is 5.69 Å². The Bertz CT molecular complexity index is 913. The van der Waals surface area contributed by atoms with Gasteiger partial charge in [0.1, 0.15) is 6.61 Å². The van der Waals surface area contributed by atoms with E-state index < -0.39 is 22.6 Å². The molecule has 27 heavy (non-hydrogen) atoms. The average Bonchev–Trinajstić information content (AvgIpc) is 2.68. The molecule has 0 spiro atoms. The van der Waals surface area contributed by atoms with Crippen molar-refractivity contribution in [2.24, 2.45) is 5.10 Å². The summed E-state index contributed by atoms with van der Waals surface area (Å²) in [5, 5.41) is 24.6. The number of nitrogens with zero attached hydrogens (tertiary/aromatic N) is 2. The molecule has 10 nitrogen and oxygen atoms in total. The number of hydrogen-bond donors (Lipinski definition) is 2. The Morgan fingerprint density at radius 3 is 2.81 bits per heavy atom. The lowest BCUT2D eigenvalue weighted by molar-refractivity contribution is -0.386. The van der Waals surface area contributed by atoms with Crippen molar-refractivity contribution in [3.8, 4) is 23.0 Å². The number of hydrogen-bond acceptors (Lipinski definition) is 8. The highest BCUT2D eigenvalue weighted by molar-refractivity contribution is 5.90. The fourth-order valence-electron chi connectivity index (χ4n) is 2.46. The minimum Gasteiger partial charge on any atom is -0.504 e. The van der Waals surface area contributed by atoms with Crippen LogP contribution >= 0.6 is 0 Å². The molecule has 3 rings (SSSR count). The molecular weight excluding hydrogens is 358 g/mol. The highest BCUT2D eigenvalue weighted by atomic mass is 16.6. The summed E-state index contributed by atoms with van der Waals surface area (Å²) >= 11 is 0. The van der Waals surface area contributed by atoms with Crippen LogP contribution in [0.4, 0.5) is 5.69 Å². The number of amides is 1. The smallest absolute Gasteiger partial charge is 0.323 e. The maximum atomic E-state index is 12.2. The number of phenolic OH excluding ortho intramolecular Hbond substituents is 1. The number of methoxy groups -OCH3 is 1. The van der Waals surface area contributed by atoms with Gasteiger partial charge in [0.2, 0.25) is 11.9 Å². The molecule has 0 unspecified atom stereocenters. The summed E-state index contributed by atoms with van der Waals surface area (Å²) in [5.74, 6) is -0.273. The molecular formula is C17H15N3O7. The summed E-state index contributed by atoms with van der Waals surface area (Å²) in [6, 6.07) is 9.43. The number of phenols is 1. The predicted octanol–water partition coefficient (Wildman–Crippen LogP) is 1.60. The van der Waals surface area contributed by atoms with Crippen LogP contribution in [0.25, 0.3) is 0 Å². The van der Waals surface area contributed by atoms with Gasteiger partial charge in [0.25, 0.3) is 5.91 Å². The number of nitrogens with one attached hydrogen (secondary N) is 1. The zero-order valence-electron chi connectivity index (χ0n) is 14.1. The third kappa shape index (κ3) is 3.73. The second kappa shape index (κ2) is 7.60. The molecule has 1 aliphatic heterocycles. The van der Waals surface area contributed by atoms with Gasteiger partial charge in [-0.1, -0.05) is 12.1 Å². The number of aromatic hydroxyl groups is 1. The predicted molar refractivity (Wildman–Crippen MR) is 93.4 cm³/mol. The van der Waals surface area contributed by atoms with E-state index in [9.17, 15) is 20.0 Å². The molecule has 2 aromatic rings. The minimum atomic E-state index is -0.915. The third-order valence-corrected chi connectivity index (χ3v) is 3.71. The summed E-state index contributed by atoms with van der Waals surface area (Å²) in [7, 11) is 1.20. The van der Waals surface area contributed by atoms with E-state index in [2.05, 4.69) is 10.5 Å². The van der Waals surface area contributed by atoms with E-state index in [0.717, 1.165) is 6.21 Å². The maximum absolute atomic E-state index is 12.2. The van der Waals surface area contributed by atoms with Crippen molar-refractivity contribution in [1.82, 2.24) is 5.43 Å². The highest BCUT2D eigenvalue weighted by Gasteiger charge is 2.27. The van der Waals surface area contributed by atoms with E-state index in [1.54, 1.807) is 24.3 Å². The largest absolute Gasteiger partial charge is 0.504 e. The molecule has 10 heteroatoms. The summed E-state index contributed by atoms with van der Waals surface area (Å²) in [6.45, 7) is 0.00550. The first kappa shape index (κ1) is 18.0. The normalized spacial score (nSPS) is 15.4. The Morgan fingerprint density at radius 1 is 1.37 bits per heavy atom. The first-order valence-corrected chi connectivity index (χ1v) is 7.77. The Balaban J connectivity index is 1.71. The van der Waals surface area contributed by atoms with Gasteiger partial charge in [-0.3, -0.25) is 14.9 Å². The number of nitro groups is 1. The van der Waals surface area contributed by atoms with E-state index >= 15 is 0 Å². The van der Waals surface area contributed by atoms with Crippen molar-refractivity contribution in [3.05, 3.63) is 52.1 Å². The van der Waals surface area contributed by atoms with Crippen molar-refractivity contribution in [3.63, 3.8) is 0 Å². The zero-order valence-corrected chi connectivity index (χ0v) is 14.1. The summed E-state index contributed by atoms with van der Waals surface area (Å²) in [5.41, 5.74) is 1.82. The zero-order chi connectivity index (χ0) is 19.4.